The fraction of sp³-hybridized carbons (Fsp3) is 0.0455. The molecule has 0 bridgehead atoms. The van der Waals surface area contributed by atoms with Crippen LogP contribution in [0.4, 0.5) is 0 Å². The highest BCUT2D eigenvalue weighted by Gasteiger charge is 2.16. The first kappa shape index (κ1) is 19.9. The number of nitrogens with zero attached hydrogens (tertiary/aromatic N) is 2. The molecule has 2 N–H and O–H groups in total. The normalized spacial score (nSPS) is 10.5. The highest BCUT2D eigenvalue weighted by molar-refractivity contribution is 7.99. The van der Waals surface area contributed by atoms with Gasteiger partial charge >= 0.3 is 0 Å². The summed E-state index contributed by atoms with van der Waals surface area (Å²) in [7, 11) is 0. The smallest absolute Gasteiger partial charge is 0.279 e. The molecule has 2 heterocycles. The third-order valence-corrected chi connectivity index (χ3v) is 6.03. The molecule has 0 radical (unpaired) electrons. The minimum Gasteiger partial charge on any atom is -0.287 e. The Morgan fingerprint density at radius 2 is 1.67 bits per heavy atom. The zero-order valence-electron chi connectivity index (χ0n) is 15.8. The number of para-hydroxylation sites is 1. The van der Waals surface area contributed by atoms with Crippen LogP contribution in [0.15, 0.2) is 89.5 Å². The number of hydrogen-bond donors (Lipinski definition) is 2. The zero-order valence-corrected chi connectivity index (χ0v) is 17.5. The number of aromatic nitrogens is 2. The van der Waals surface area contributed by atoms with Crippen LogP contribution in [-0.2, 0) is 4.79 Å². The highest BCUT2D eigenvalue weighted by Crippen LogP contribution is 2.29. The molecule has 0 atom stereocenters. The van der Waals surface area contributed by atoms with Gasteiger partial charge in [0.2, 0.25) is 5.91 Å². The molecule has 2 aromatic carbocycles. The molecule has 0 aliphatic carbocycles. The van der Waals surface area contributed by atoms with Gasteiger partial charge in [0.05, 0.1) is 22.5 Å². The van der Waals surface area contributed by atoms with Crippen LogP contribution in [0, 0.1) is 0 Å². The van der Waals surface area contributed by atoms with E-state index in [4.69, 9.17) is 0 Å². The second kappa shape index (κ2) is 9.43. The van der Waals surface area contributed by atoms with Crippen LogP contribution in [0.25, 0.3) is 16.9 Å². The summed E-state index contributed by atoms with van der Waals surface area (Å²) in [4.78, 5) is 29.3. The van der Waals surface area contributed by atoms with Crippen molar-refractivity contribution in [1.29, 1.82) is 0 Å². The standard InChI is InChI=1S/C22H18N4O2S2/c27-20(24-25-21(28)19-12-7-13-29-19)15-30-22-23-14-18(16-8-3-1-4-9-16)26(22)17-10-5-2-6-11-17/h1-14H,15H2,(H,24,27)(H,25,28). The van der Waals surface area contributed by atoms with Gasteiger partial charge in [0, 0.05) is 11.3 Å². The number of thioether (sulfide) groups is 1. The van der Waals surface area contributed by atoms with Crippen molar-refractivity contribution in [3.63, 3.8) is 0 Å². The third-order valence-electron chi connectivity index (χ3n) is 4.21. The molecule has 4 aromatic rings. The molecule has 0 unspecified atom stereocenters. The minimum atomic E-state index is -0.333. The Morgan fingerprint density at radius 3 is 2.37 bits per heavy atom. The molecule has 0 fully saturated rings. The van der Waals surface area contributed by atoms with Gasteiger partial charge in [0.15, 0.2) is 5.16 Å². The average Bonchev–Trinajstić information content (AvgIpc) is 3.47. The van der Waals surface area contributed by atoms with Gasteiger partial charge in [-0.1, -0.05) is 66.4 Å². The lowest BCUT2D eigenvalue weighted by atomic mass is 10.1. The van der Waals surface area contributed by atoms with E-state index in [1.165, 1.54) is 23.1 Å². The quantitative estimate of drug-likeness (QED) is 0.353. The van der Waals surface area contributed by atoms with Gasteiger partial charge in [-0.15, -0.1) is 11.3 Å². The monoisotopic (exact) mass is 434 g/mol. The number of hydrogen-bond acceptors (Lipinski definition) is 5. The summed E-state index contributed by atoms with van der Waals surface area (Å²) < 4.78 is 2.03. The van der Waals surface area contributed by atoms with Crippen LogP contribution in [0.2, 0.25) is 0 Å². The van der Waals surface area contributed by atoms with Gasteiger partial charge in [-0.25, -0.2) is 4.98 Å². The van der Waals surface area contributed by atoms with Crippen molar-refractivity contribution >= 4 is 34.9 Å². The van der Waals surface area contributed by atoms with Crippen molar-refractivity contribution in [2.24, 2.45) is 0 Å². The van der Waals surface area contributed by atoms with Gasteiger partial charge in [0.1, 0.15) is 0 Å². The van der Waals surface area contributed by atoms with E-state index in [-0.39, 0.29) is 17.6 Å². The molecule has 0 spiro atoms. The van der Waals surface area contributed by atoms with Crippen molar-refractivity contribution < 1.29 is 9.59 Å². The summed E-state index contributed by atoms with van der Waals surface area (Å²) in [5.41, 5.74) is 7.82. The molecule has 150 valence electrons. The molecule has 0 aliphatic heterocycles. The van der Waals surface area contributed by atoms with Crippen LogP contribution in [-0.4, -0.2) is 27.1 Å². The van der Waals surface area contributed by atoms with Crippen LogP contribution in [0.3, 0.4) is 0 Å². The molecule has 2 aromatic heterocycles. The molecular weight excluding hydrogens is 416 g/mol. The van der Waals surface area contributed by atoms with E-state index in [0.717, 1.165) is 16.9 Å². The molecule has 8 heteroatoms. The SMILES string of the molecule is O=C(CSc1ncc(-c2ccccc2)n1-c1ccccc1)NNC(=O)c1cccs1. The molecule has 30 heavy (non-hydrogen) atoms. The molecular formula is C22H18N4O2S2. The number of amides is 2. The van der Waals surface area contributed by atoms with E-state index in [1.807, 2.05) is 65.2 Å². The number of rotatable bonds is 6. The van der Waals surface area contributed by atoms with E-state index in [9.17, 15) is 9.59 Å². The topological polar surface area (TPSA) is 76.0 Å². The van der Waals surface area contributed by atoms with E-state index < -0.39 is 0 Å². The summed E-state index contributed by atoms with van der Waals surface area (Å²) in [5.74, 6) is -0.530. The van der Waals surface area contributed by atoms with E-state index >= 15 is 0 Å². The molecule has 4 rings (SSSR count). The lowest BCUT2D eigenvalue weighted by molar-refractivity contribution is -0.119. The van der Waals surface area contributed by atoms with E-state index in [0.29, 0.717) is 10.0 Å². The molecule has 2 amide bonds. The van der Waals surface area contributed by atoms with Crippen molar-refractivity contribution in [1.82, 2.24) is 20.4 Å². The number of benzene rings is 2. The van der Waals surface area contributed by atoms with Crippen molar-refractivity contribution in [3.8, 4) is 16.9 Å². The predicted molar refractivity (Wildman–Crippen MR) is 120 cm³/mol. The lowest BCUT2D eigenvalue weighted by Gasteiger charge is -2.12. The largest absolute Gasteiger partial charge is 0.287 e. The highest BCUT2D eigenvalue weighted by atomic mass is 32.2. The molecule has 6 nitrogen and oxygen atoms in total. The second-order valence-electron chi connectivity index (χ2n) is 6.23. The predicted octanol–water partition coefficient (Wildman–Crippen LogP) is 4.15. The Kier molecular flexibility index (Phi) is 6.26. The van der Waals surface area contributed by atoms with E-state index in [1.54, 1.807) is 23.7 Å². The summed E-state index contributed by atoms with van der Waals surface area (Å²) >= 11 is 2.62. The van der Waals surface area contributed by atoms with Crippen molar-refractivity contribution in [2.75, 3.05) is 5.75 Å². The Balaban J connectivity index is 1.48. The Bertz CT molecular complexity index is 1130. The van der Waals surface area contributed by atoms with Gasteiger partial charge < -0.3 is 0 Å². The average molecular weight is 435 g/mol. The first-order valence-electron chi connectivity index (χ1n) is 9.16. The third kappa shape index (κ3) is 4.61. The maximum atomic E-state index is 12.2. The molecule has 0 saturated carbocycles. The number of thiophene rings is 1. The van der Waals surface area contributed by atoms with E-state index in [2.05, 4.69) is 15.8 Å². The van der Waals surface area contributed by atoms with Gasteiger partial charge in [-0.3, -0.25) is 25.0 Å². The second-order valence-corrected chi connectivity index (χ2v) is 8.12. The van der Waals surface area contributed by atoms with Crippen LogP contribution in [0.1, 0.15) is 9.67 Å². The number of carbonyl (C=O) groups is 2. The molecule has 0 saturated heterocycles. The van der Waals surface area contributed by atoms with Crippen molar-refractivity contribution in [3.05, 3.63) is 89.3 Å². The lowest BCUT2D eigenvalue weighted by Crippen LogP contribution is -2.42. The number of hydrazine groups is 1. The minimum absolute atomic E-state index is 0.114. The van der Waals surface area contributed by atoms with Gasteiger partial charge in [-0.05, 0) is 23.6 Å². The number of imidazole rings is 1. The zero-order chi connectivity index (χ0) is 20.8. The first-order chi connectivity index (χ1) is 14.7. The number of carbonyl (C=O) groups excluding carboxylic acids is 2. The van der Waals surface area contributed by atoms with Gasteiger partial charge in [0.25, 0.3) is 5.91 Å². The van der Waals surface area contributed by atoms with Crippen molar-refractivity contribution in [2.45, 2.75) is 5.16 Å². The summed E-state index contributed by atoms with van der Waals surface area (Å²) in [6.07, 6.45) is 1.81. The number of nitrogens with one attached hydrogen (secondary N) is 2. The summed E-state index contributed by atoms with van der Waals surface area (Å²) in [6, 6.07) is 23.3. The first-order valence-corrected chi connectivity index (χ1v) is 11.0. The summed E-state index contributed by atoms with van der Waals surface area (Å²) in [5, 5.41) is 2.50. The Hall–Kier alpha value is -3.36. The maximum absolute atomic E-state index is 12.2. The van der Waals surface area contributed by atoms with Crippen LogP contribution in [0.5, 0.6) is 0 Å². The Morgan fingerprint density at radius 1 is 0.933 bits per heavy atom. The fourth-order valence-corrected chi connectivity index (χ4v) is 4.25. The van der Waals surface area contributed by atoms with Crippen LogP contribution < -0.4 is 10.9 Å². The Labute approximate surface area is 181 Å². The maximum Gasteiger partial charge on any atom is 0.279 e. The van der Waals surface area contributed by atoms with Crippen LogP contribution >= 0.6 is 23.1 Å². The summed E-state index contributed by atoms with van der Waals surface area (Å²) in [6.45, 7) is 0. The van der Waals surface area contributed by atoms with Gasteiger partial charge in [-0.2, -0.15) is 0 Å². The molecule has 0 aliphatic rings. The fourth-order valence-electron chi connectivity index (χ4n) is 2.84.